The number of hydrogen-bond acceptors (Lipinski definition) is 4. The Morgan fingerprint density at radius 3 is 2.69 bits per heavy atom. The highest BCUT2D eigenvalue weighted by Gasteiger charge is 2.22. The number of nitrogens with one attached hydrogen (secondary N) is 1. The number of aromatic nitrogens is 2. The number of rotatable bonds is 4. The lowest BCUT2D eigenvalue weighted by molar-refractivity contribution is 0.239. The van der Waals surface area contributed by atoms with Crippen LogP contribution < -0.4 is 5.56 Å². The van der Waals surface area contributed by atoms with E-state index in [0.29, 0.717) is 12.4 Å². The molecule has 2 aromatic carbocycles. The number of fused-ring (bicyclic) bond motifs is 1. The molecule has 1 N–H and O–H groups in total. The van der Waals surface area contributed by atoms with E-state index in [2.05, 4.69) is 40.4 Å². The molecule has 0 bridgehead atoms. The molecule has 1 aliphatic heterocycles. The van der Waals surface area contributed by atoms with E-state index < -0.39 is 0 Å². The lowest BCUT2D eigenvalue weighted by Gasteiger charge is -2.28. The predicted molar refractivity (Wildman–Crippen MR) is 106 cm³/mol. The van der Waals surface area contributed by atoms with Crippen molar-refractivity contribution in [3.63, 3.8) is 0 Å². The van der Waals surface area contributed by atoms with Gasteiger partial charge in [0.2, 0.25) is 0 Å². The monoisotopic (exact) mass is 363 g/mol. The van der Waals surface area contributed by atoms with Gasteiger partial charge in [0.15, 0.2) is 0 Å². The molecule has 4 rings (SSSR count). The fourth-order valence-corrected chi connectivity index (χ4v) is 4.05. The number of hydrogen-bond donors (Lipinski definition) is 1. The van der Waals surface area contributed by atoms with Crippen LogP contribution in [0.15, 0.2) is 64.3 Å². The molecule has 0 amide bonds. The van der Waals surface area contributed by atoms with Crippen LogP contribution in [0.4, 0.5) is 0 Å². The molecule has 1 aliphatic rings. The average molecular weight is 363 g/mol. The second-order valence-electron chi connectivity index (χ2n) is 6.48. The Balaban J connectivity index is 1.62. The van der Waals surface area contributed by atoms with Crippen molar-refractivity contribution in [1.29, 1.82) is 0 Å². The Bertz CT molecular complexity index is 968. The van der Waals surface area contributed by atoms with E-state index in [-0.39, 0.29) is 5.56 Å². The van der Waals surface area contributed by atoms with Crippen LogP contribution in [0.5, 0.6) is 0 Å². The van der Waals surface area contributed by atoms with Crippen LogP contribution in [-0.2, 0) is 19.5 Å². The smallest absolute Gasteiger partial charge is 0.254 e. The molecule has 0 saturated carbocycles. The van der Waals surface area contributed by atoms with Crippen LogP contribution in [-0.4, -0.2) is 27.7 Å². The maximum atomic E-state index is 12.5. The summed E-state index contributed by atoms with van der Waals surface area (Å²) < 4.78 is 0. The van der Waals surface area contributed by atoms with Crippen LogP contribution in [0, 0.1) is 0 Å². The minimum absolute atomic E-state index is 0.00184. The molecule has 0 aliphatic carbocycles. The second-order valence-corrected chi connectivity index (χ2v) is 7.33. The summed E-state index contributed by atoms with van der Waals surface area (Å²) in [7, 11) is 0. The number of H-pyrrole nitrogens is 1. The number of nitrogens with zero attached hydrogens (tertiary/aromatic N) is 2. The summed E-state index contributed by atoms with van der Waals surface area (Å²) in [5.74, 6) is 0.653. The summed E-state index contributed by atoms with van der Waals surface area (Å²) in [4.78, 5) is 23.9. The molecule has 3 aromatic rings. The van der Waals surface area contributed by atoms with Gasteiger partial charge in [0.05, 0.1) is 5.69 Å². The van der Waals surface area contributed by atoms with E-state index in [1.165, 1.54) is 10.5 Å². The van der Waals surface area contributed by atoms with Crippen LogP contribution in [0.1, 0.15) is 16.8 Å². The van der Waals surface area contributed by atoms with Crippen LogP contribution >= 0.6 is 11.8 Å². The highest BCUT2D eigenvalue weighted by molar-refractivity contribution is 7.98. The second kappa shape index (κ2) is 7.48. The van der Waals surface area contributed by atoms with Crippen molar-refractivity contribution in [3.05, 3.63) is 81.8 Å². The molecule has 0 spiro atoms. The summed E-state index contributed by atoms with van der Waals surface area (Å²) in [5, 5.41) is 0. The average Bonchev–Trinajstić information content (AvgIpc) is 2.69. The quantitative estimate of drug-likeness (QED) is 0.718. The van der Waals surface area contributed by atoms with Crippen molar-refractivity contribution in [3.8, 4) is 11.4 Å². The Morgan fingerprint density at radius 1 is 1.12 bits per heavy atom. The maximum Gasteiger partial charge on any atom is 0.254 e. The molecule has 0 radical (unpaired) electrons. The number of benzene rings is 2. The van der Waals surface area contributed by atoms with Gasteiger partial charge in [-0.15, -0.1) is 11.8 Å². The Morgan fingerprint density at radius 2 is 1.88 bits per heavy atom. The molecule has 0 unspecified atom stereocenters. The zero-order valence-corrected chi connectivity index (χ0v) is 15.6. The lowest BCUT2D eigenvalue weighted by atomic mass is 10.0. The Labute approximate surface area is 157 Å². The molecule has 4 nitrogen and oxygen atoms in total. The first-order chi connectivity index (χ1) is 12.7. The van der Waals surface area contributed by atoms with Crippen molar-refractivity contribution in [2.45, 2.75) is 24.4 Å². The first kappa shape index (κ1) is 17.1. The number of aromatic amines is 1. The van der Waals surface area contributed by atoms with Crippen molar-refractivity contribution in [2.75, 3.05) is 12.8 Å². The first-order valence-electron chi connectivity index (χ1n) is 8.76. The first-order valence-corrected chi connectivity index (χ1v) is 9.99. The number of thioether (sulfide) groups is 1. The van der Waals surface area contributed by atoms with E-state index >= 15 is 0 Å². The van der Waals surface area contributed by atoms with Gasteiger partial charge in [-0.3, -0.25) is 9.69 Å². The lowest BCUT2D eigenvalue weighted by Crippen LogP contribution is -2.35. The van der Waals surface area contributed by atoms with Gasteiger partial charge >= 0.3 is 0 Å². The van der Waals surface area contributed by atoms with Gasteiger partial charge in [0.1, 0.15) is 5.82 Å². The zero-order chi connectivity index (χ0) is 17.9. The molecule has 26 heavy (non-hydrogen) atoms. The standard InChI is InChI=1S/C21H21N3OS/c1-26-19-10-6-5-9-16(19)13-24-12-11-17-18(14-24)22-20(23-21(17)25)15-7-3-2-4-8-15/h2-10H,11-14H2,1H3,(H,22,23,25). The van der Waals surface area contributed by atoms with Crippen LogP contribution in [0.3, 0.4) is 0 Å². The minimum atomic E-state index is -0.00184. The fourth-order valence-electron chi connectivity index (χ4n) is 3.44. The predicted octanol–water partition coefficient (Wildman–Crippen LogP) is 3.72. The van der Waals surface area contributed by atoms with Crippen LogP contribution in [0.2, 0.25) is 0 Å². The van der Waals surface area contributed by atoms with Gasteiger partial charge in [-0.25, -0.2) is 4.98 Å². The molecule has 0 atom stereocenters. The van der Waals surface area contributed by atoms with E-state index in [4.69, 9.17) is 4.98 Å². The van der Waals surface area contributed by atoms with E-state index in [1.54, 1.807) is 11.8 Å². The fraction of sp³-hybridized carbons (Fsp3) is 0.238. The molecule has 132 valence electrons. The third kappa shape index (κ3) is 3.45. The van der Waals surface area contributed by atoms with E-state index in [9.17, 15) is 4.79 Å². The highest BCUT2D eigenvalue weighted by atomic mass is 32.2. The topological polar surface area (TPSA) is 49.0 Å². The minimum Gasteiger partial charge on any atom is -0.306 e. The van der Waals surface area contributed by atoms with Crippen LogP contribution in [0.25, 0.3) is 11.4 Å². The largest absolute Gasteiger partial charge is 0.306 e. The van der Waals surface area contributed by atoms with Gasteiger partial charge in [0.25, 0.3) is 5.56 Å². The molecular weight excluding hydrogens is 342 g/mol. The summed E-state index contributed by atoms with van der Waals surface area (Å²) in [6, 6.07) is 18.3. The van der Waals surface area contributed by atoms with Gasteiger partial charge in [-0.1, -0.05) is 48.5 Å². The molecule has 5 heteroatoms. The molecule has 2 heterocycles. The summed E-state index contributed by atoms with van der Waals surface area (Å²) >= 11 is 1.77. The summed E-state index contributed by atoms with van der Waals surface area (Å²) in [6.45, 7) is 2.47. The highest BCUT2D eigenvalue weighted by Crippen LogP contribution is 2.24. The van der Waals surface area contributed by atoms with Crippen molar-refractivity contribution >= 4 is 11.8 Å². The van der Waals surface area contributed by atoms with Gasteiger partial charge < -0.3 is 4.98 Å². The van der Waals surface area contributed by atoms with Gasteiger partial charge in [-0.05, 0) is 24.3 Å². The summed E-state index contributed by atoms with van der Waals surface area (Å²) in [5.41, 5.74) is 4.01. The Kier molecular flexibility index (Phi) is 4.91. The van der Waals surface area contributed by atoms with Crippen molar-refractivity contribution in [1.82, 2.24) is 14.9 Å². The van der Waals surface area contributed by atoms with Crippen molar-refractivity contribution in [2.24, 2.45) is 0 Å². The zero-order valence-electron chi connectivity index (χ0n) is 14.7. The molecular formula is C21H21N3OS. The van der Waals surface area contributed by atoms with Gasteiger partial charge in [-0.2, -0.15) is 0 Å². The maximum absolute atomic E-state index is 12.5. The third-order valence-electron chi connectivity index (χ3n) is 4.79. The Hall–Kier alpha value is -2.37. The molecule has 1 aromatic heterocycles. The SMILES string of the molecule is CSc1ccccc1CN1CCc2c(nc(-c3ccccc3)[nH]c2=O)C1. The molecule has 0 saturated heterocycles. The third-order valence-corrected chi connectivity index (χ3v) is 5.62. The van der Waals surface area contributed by atoms with E-state index in [1.807, 2.05) is 30.3 Å². The molecule has 0 fully saturated rings. The van der Waals surface area contributed by atoms with Crippen molar-refractivity contribution < 1.29 is 0 Å². The van der Waals surface area contributed by atoms with E-state index in [0.717, 1.165) is 36.3 Å². The summed E-state index contributed by atoms with van der Waals surface area (Å²) in [6.07, 6.45) is 2.85. The van der Waals surface area contributed by atoms with Gasteiger partial charge in [0, 0.05) is 35.7 Å². The normalized spacial score (nSPS) is 14.2.